The summed E-state index contributed by atoms with van der Waals surface area (Å²) in [5.74, 6) is 3.50. The van der Waals surface area contributed by atoms with Gasteiger partial charge in [0.15, 0.2) is 11.5 Å². The lowest BCUT2D eigenvalue weighted by Crippen LogP contribution is -2.16. The molecule has 4 nitrogen and oxygen atoms in total. The van der Waals surface area contributed by atoms with Crippen molar-refractivity contribution in [2.75, 3.05) is 18.7 Å². The van der Waals surface area contributed by atoms with Crippen LogP contribution in [0.4, 0.5) is 5.82 Å². The Morgan fingerprint density at radius 3 is 2.85 bits per heavy atom. The summed E-state index contributed by atoms with van der Waals surface area (Å²) in [5, 5.41) is 5.71. The molecule has 2 aliphatic rings. The average Bonchev–Trinajstić information content (AvgIpc) is 2.86. The second kappa shape index (κ2) is 4.85. The molecule has 1 saturated carbocycles. The molecular formula is C16H18N2O2. The van der Waals surface area contributed by atoms with Crippen LogP contribution < -0.4 is 14.8 Å². The number of nitrogens with zero attached hydrogens (tertiary/aromatic N) is 1. The fourth-order valence-corrected chi connectivity index (χ4v) is 2.88. The highest BCUT2D eigenvalue weighted by Crippen LogP contribution is 2.38. The second-order valence-corrected chi connectivity index (χ2v) is 5.60. The Hall–Kier alpha value is -1.97. The Morgan fingerprint density at radius 1 is 1.20 bits per heavy atom. The van der Waals surface area contributed by atoms with Crippen molar-refractivity contribution in [3.63, 3.8) is 0 Å². The van der Waals surface area contributed by atoms with Crippen LogP contribution in [-0.4, -0.2) is 18.3 Å². The normalized spacial score (nSPS) is 17.2. The molecule has 0 radical (unpaired) electrons. The van der Waals surface area contributed by atoms with Gasteiger partial charge in [-0.15, -0.1) is 0 Å². The number of anilines is 1. The molecule has 0 amide bonds. The number of fused-ring (bicyclic) bond motifs is 2. The molecule has 20 heavy (non-hydrogen) atoms. The van der Waals surface area contributed by atoms with Crippen LogP contribution >= 0.6 is 0 Å². The molecule has 1 aliphatic heterocycles. The molecule has 4 rings (SSSR count). The first kappa shape index (κ1) is 11.8. The van der Waals surface area contributed by atoms with Crippen LogP contribution in [0.15, 0.2) is 24.4 Å². The number of pyridine rings is 1. The monoisotopic (exact) mass is 270 g/mol. The van der Waals surface area contributed by atoms with Crippen LogP contribution in [-0.2, 0) is 0 Å². The van der Waals surface area contributed by atoms with Crippen LogP contribution in [0.3, 0.4) is 0 Å². The summed E-state index contributed by atoms with van der Waals surface area (Å²) in [6.07, 6.45) is 7.27. The van der Waals surface area contributed by atoms with E-state index in [0.29, 0.717) is 6.79 Å². The standard InChI is InChI=1S/C16H18N2O2/c1-2-11(3-1)4-6-17-16-13-9-15-14(19-10-20-15)8-12(13)5-7-18-16/h5,7-9,11H,1-4,6,10H2,(H,17,18). The zero-order valence-electron chi connectivity index (χ0n) is 11.4. The SMILES string of the molecule is c1cc2cc3c(cc2c(NCCC2CCC2)n1)OCO3. The van der Waals surface area contributed by atoms with Gasteiger partial charge in [-0.3, -0.25) is 0 Å². The van der Waals surface area contributed by atoms with Crippen molar-refractivity contribution in [3.05, 3.63) is 24.4 Å². The highest BCUT2D eigenvalue weighted by molar-refractivity contribution is 5.94. The Bertz CT molecular complexity index is 638. The Balaban J connectivity index is 1.58. The molecule has 4 heteroatoms. The van der Waals surface area contributed by atoms with E-state index in [-0.39, 0.29) is 0 Å². The van der Waals surface area contributed by atoms with E-state index in [2.05, 4.69) is 10.3 Å². The summed E-state index contributed by atoms with van der Waals surface area (Å²) in [5.41, 5.74) is 0. The van der Waals surface area contributed by atoms with Gasteiger partial charge >= 0.3 is 0 Å². The van der Waals surface area contributed by atoms with Crippen LogP contribution in [0.2, 0.25) is 0 Å². The van der Waals surface area contributed by atoms with Gasteiger partial charge in [-0.2, -0.15) is 0 Å². The Labute approximate surface area is 118 Å². The minimum absolute atomic E-state index is 0.309. The van der Waals surface area contributed by atoms with Crippen molar-refractivity contribution < 1.29 is 9.47 Å². The minimum Gasteiger partial charge on any atom is -0.454 e. The topological polar surface area (TPSA) is 43.4 Å². The lowest BCUT2D eigenvalue weighted by atomic mass is 9.83. The molecule has 0 unspecified atom stereocenters. The van der Waals surface area contributed by atoms with E-state index >= 15 is 0 Å². The molecule has 2 heterocycles. The molecule has 1 aromatic heterocycles. The van der Waals surface area contributed by atoms with Crippen molar-refractivity contribution in [2.24, 2.45) is 5.92 Å². The van der Waals surface area contributed by atoms with E-state index < -0.39 is 0 Å². The third kappa shape index (κ3) is 2.05. The van der Waals surface area contributed by atoms with Gasteiger partial charge in [0.1, 0.15) is 5.82 Å². The fraction of sp³-hybridized carbons (Fsp3) is 0.438. The molecule has 1 fully saturated rings. The van der Waals surface area contributed by atoms with Crippen LogP contribution in [0.25, 0.3) is 10.8 Å². The molecule has 1 aliphatic carbocycles. The zero-order valence-corrected chi connectivity index (χ0v) is 11.4. The third-order valence-electron chi connectivity index (χ3n) is 4.33. The number of hydrogen-bond acceptors (Lipinski definition) is 4. The molecule has 0 bridgehead atoms. The van der Waals surface area contributed by atoms with Crippen molar-refractivity contribution in [1.82, 2.24) is 4.98 Å². The molecule has 104 valence electrons. The first-order valence-corrected chi connectivity index (χ1v) is 7.32. The predicted molar refractivity (Wildman–Crippen MR) is 78.3 cm³/mol. The van der Waals surface area contributed by atoms with Gasteiger partial charge in [0.25, 0.3) is 0 Å². The van der Waals surface area contributed by atoms with Crippen molar-refractivity contribution >= 4 is 16.6 Å². The van der Waals surface area contributed by atoms with Gasteiger partial charge in [-0.05, 0) is 35.9 Å². The summed E-state index contributed by atoms with van der Waals surface area (Å²) in [7, 11) is 0. The molecule has 1 aromatic carbocycles. The van der Waals surface area contributed by atoms with Crippen molar-refractivity contribution in [2.45, 2.75) is 25.7 Å². The summed E-state index contributed by atoms with van der Waals surface area (Å²) in [6.45, 7) is 1.30. The third-order valence-corrected chi connectivity index (χ3v) is 4.33. The van der Waals surface area contributed by atoms with Gasteiger partial charge in [0.05, 0.1) is 0 Å². The van der Waals surface area contributed by atoms with Crippen molar-refractivity contribution in [1.29, 1.82) is 0 Å². The van der Waals surface area contributed by atoms with Gasteiger partial charge in [0, 0.05) is 18.1 Å². The summed E-state index contributed by atoms with van der Waals surface area (Å²) in [6, 6.07) is 6.06. The first-order valence-electron chi connectivity index (χ1n) is 7.32. The van der Waals surface area contributed by atoms with Gasteiger partial charge in [-0.1, -0.05) is 19.3 Å². The van der Waals surface area contributed by atoms with Crippen molar-refractivity contribution in [3.8, 4) is 11.5 Å². The number of benzene rings is 1. The molecule has 0 saturated heterocycles. The van der Waals surface area contributed by atoms with E-state index in [1.807, 2.05) is 24.4 Å². The average molecular weight is 270 g/mol. The Morgan fingerprint density at radius 2 is 2.05 bits per heavy atom. The Kier molecular flexibility index (Phi) is 2.87. The quantitative estimate of drug-likeness (QED) is 0.922. The van der Waals surface area contributed by atoms with Gasteiger partial charge in [0.2, 0.25) is 6.79 Å². The van der Waals surface area contributed by atoms with Crippen LogP contribution in [0, 0.1) is 5.92 Å². The second-order valence-electron chi connectivity index (χ2n) is 5.60. The molecule has 1 N–H and O–H groups in total. The summed E-state index contributed by atoms with van der Waals surface area (Å²) in [4.78, 5) is 4.47. The molecular weight excluding hydrogens is 252 g/mol. The highest BCUT2D eigenvalue weighted by atomic mass is 16.7. The van der Waals surface area contributed by atoms with Gasteiger partial charge < -0.3 is 14.8 Å². The van der Waals surface area contributed by atoms with E-state index in [1.54, 1.807) is 0 Å². The van der Waals surface area contributed by atoms with E-state index in [9.17, 15) is 0 Å². The molecule has 0 spiro atoms. The fourth-order valence-electron chi connectivity index (χ4n) is 2.88. The minimum atomic E-state index is 0.309. The number of aromatic nitrogens is 1. The lowest BCUT2D eigenvalue weighted by Gasteiger charge is -2.25. The van der Waals surface area contributed by atoms with E-state index in [4.69, 9.17) is 9.47 Å². The highest BCUT2D eigenvalue weighted by Gasteiger charge is 2.18. The van der Waals surface area contributed by atoms with Crippen LogP contribution in [0.5, 0.6) is 11.5 Å². The van der Waals surface area contributed by atoms with Crippen LogP contribution in [0.1, 0.15) is 25.7 Å². The molecule has 2 aromatic rings. The number of ether oxygens (including phenoxy) is 2. The first-order chi connectivity index (χ1) is 9.90. The number of rotatable bonds is 4. The predicted octanol–water partition coefficient (Wildman–Crippen LogP) is 3.57. The van der Waals surface area contributed by atoms with E-state index in [0.717, 1.165) is 40.6 Å². The van der Waals surface area contributed by atoms with Gasteiger partial charge in [-0.25, -0.2) is 4.98 Å². The maximum absolute atomic E-state index is 5.45. The number of nitrogens with one attached hydrogen (secondary N) is 1. The lowest BCUT2D eigenvalue weighted by molar-refractivity contribution is 0.174. The largest absolute Gasteiger partial charge is 0.454 e. The van der Waals surface area contributed by atoms with E-state index in [1.165, 1.54) is 25.7 Å². The zero-order chi connectivity index (χ0) is 13.4. The number of hydrogen-bond donors (Lipinski definition) is 1. The smallest absolute Gasteiger partial charge is 0.231 e. The summed E-state index contributed by atoms with van der Waals surface area (Å²) < 4.78 is 10.9. The maximum atomic E-state index is 5.45. The maximum Gasteiger partial charge on any atom is 0.231 e. The summed E-state index contributed by atoms with van der Waals surface area (Å²) >= 11 is 0. The molecule has 0 atom stereocenters.